The van der Waals surface area contributed by atoms with Gasteiger partial charge < -0.3 is 14.0 Å². The van der Waals surface area contributed by atoms with E-state index in [1.165, 1.54) is 27.9 Å². The van der Waals surface area contributed by atoms with Crippen molar-refractivity contribution in [3.05, 3.63) is 93.4 Å². The Hall–Kier alpha value is -3.59. The van der Waals surface area contributed by atoms with Crippen LogP contribution in [0.3, 0.4) is 0 Å². The topological polar surface area (TPSA) is 90.9 Å². The summed E-state index contributed by atoms with van der Waals surface area (Å²) in [4.78, 5) is 25.0. The predicted octanol–water partition coefficient (Wildman–Crippen LogP) is 7.25. The molecule has 7 nitrogen and oxygen atoms in total. The van der Waals surface area contributed by atoms with Crippen molar-refractivity contribution >= 4 is 40.9 Å². The molecule has 0 amide bonds. The Kier molecular flexibility index (Phi) is 8.73. The molecule has 0 aliphatic carbocycles. The highest BCUT2D eigenvalue weighted by atomic mass is 32.1. The Balaban J connectivity index is 1.60. The van der Waals surface area contributed by atoms with E-state index in [0.29, 0.717) is 27.0 Å². The summed E-state index contributed by atoms with van der Waals surface area (Å²) in [5.74, 6) is -3.69. The molecule has 1 N–H and O–H groups in total. The summed E-state index contributed by atoms with van der Waals surface area (Å²) in [7, 11) is -2.43. The Morgan fingerprint density at radius 3 is 2.25 bits per heavy atom. The molecular formula is C29H28F2NO6PS. The van der Waals surface area contributed by atoms with Crippen molar-refractivity contribution < 1.29 is 36.9 Å². The summed E-state index contributed by atoms with van der Waals surface area (Å²) < 4.78 is 59.8. The number of rotatable bonds is 9. The van der Waals surface area contributed by atoms with E-state index in [0.717, 1.165) is 11.3 Å². The Morgan fingerprint density at radius 1 is 0.975 bits per heavy atom. The van der Waals surface area contributed by atoms with E-state index in [2.05, 4.69) is 5.09 Å². The van der Waals surface area contributed by atoms with Gasteiger partial charge in [-0.3, -0.25) is 9.36 Å². The first-order chi connectivity index (χ1) is 18.9. The third kappa shape index (κ3) is 6.25. The van der Waals surface area contributed by atoms with Crippen molar-refractivity contribution in [1.82, 2.24) is 5.09 Å². The monoisotopic (exact) mass is 587 g/mol. The first-order valence-electron chi connectivity index (χ1n) is 12.3. The van der Waals surface area contributed by atoms with Gasteiger partial charge >= 0.3 is 19.5 Å². The van der Waals surface area contributed by atoms with Gasteiger partial charge in [0.15, 0.2) is 11.6 Å². The van der Waals surface area contributed by atoms with Gasteiger partial charge in [0, 0.05) is 4.70 Å². The molecule has 1 aromatic heterocycles. The smallest absolute Gasteiger partial charge is 0.353 e. The third-order valence-corrected chi connectivity index (χ3v) is 9.65. The molecule has 3 aromatic carbocycles. The lowest BCUT2D eigenvalue weighted by Crippen LogP contribution is -2.34. The highest BCUT2D eigenvalue weighted by molar-refractivity contribution is 7.56. The van der Waals surface area contributed by atoms with Crippen molar-refractivity contribution in [2.24, 2.45) is 0 Å². The number of fused-ring (bicyclic) bond motifs is 1. The molecular weight excluding hydrogens is 559 g/mol. The summed E-state index contributed by atoms with van der Waals surface area (Å²) in [5, 5.41) is 3.42. The highest BCUT2D eigenvalue weighted by Gasteiger charge is 2.31. The lowest BCUT2D eigenvalue weighted by molar-refractivity contribution is -0.142. The van der Waals surface area contributed by atoms with Crippen LogP contribution in [-0.4, -0.2) is 25.1 Å². The molecule has 4 aromatic rings. The molecule has 0 aliphatic heterocycles. The van der Waals surface area contributed by atoms with Crippen LogP contribution in [0.5, 0.6) is 11.5 Å². The molecule has 40 heavy (non-hydrogen) atoms. The van der Waals surface area contributed by atoms with Crippen molar-refractivity contribution in [3.63, 3.8) is 0 Å². The van der Waals surface area contributed by atoms with Gasteiger partial charge in [-0.05, 0) is 85.7 Å². The van der Waals surface area contributed by atoms with Crippen LogP contribution in [0, 0.1) is 32.4 Å². The summed E-state index contributed by atoms with van der Waals surface area (Å²) >= 11 is 1.10. The quantitative estimate of drug-likeness (QED) is 0.125. The molecule has 0 bridgehead atoms. The largest absolute Gasteiger partial charge is 0.468 e. The number of carbonyl (C=O) groups excluding carboxylic acids is 2. The number of hydrogen-bond acceptors (Lipinski definition) is 7. The summed E-state index contributed by atoms with van der Waals surface area (Å²) in [6.07, 6.45) is -0.0763. The van der Waals surface area contributed by atoms with Crippen molar-refractivity contribution in [3.8, 4) is 11.5 Å². The van der Waals surface area contributed by atoms with Crippen LogP contribution in [0.4, 0.5) is 8.78 Å². The Bertz CT molecular complexity index is 1610. The number of carbonyl (C=O) groups is 2. The third-order valence-electron chi connectivity index (χ3n) is 6.49. The van der Waals surface area contributed by atoms with Crippen LogP contribution < -0.4 is 14.3 Å². The number of halogens is 2. The standard InChI is InChI=1S/C29H28F2NO6PS/c1-16-17(2)25(30)27(26(31)18(16)3)37-29(34)24-14-21-13-20(11-12-23(21)40-24)15-39(35,32-19(4)28(33)36-5)38-22-9-7-6-8-10-22/h6-14,19H,15H2,1-5H3,(H,32,35). The molecule has 1 heterocycles. The molecule has 2 unspecified atom stereocenters. The number of hydrogen-bond donors (Lipinski definition) is 1. The maximum absolute atomic E-state index is 14.7. The maximum Gasteiger partial charge on any atom is 0.353 e. The lowest BCUT2D eigenvalue weighted by atomic mass is 10.0. The predicted molar refractivity (Wildman–Crippen MR) is 150 cm³/mol. The minimum atomic E-state index is -3.67. The number of esters is 2. The van der Waals surface area contributed by atoms with E-state index >= 15 is 0 Å². The molecule has 0 radical (unpaired) electrons. The van der Waals surface area contributed by atoms with E-state index in [-0.39, 0.29) is 22.2 Å². The second-order valence-electron chi connectivity index (χ2n) is 9.31. The number of nitrogens with one attached hydrogen (secondary N) is 1. The van der Waals surface area contributed by atoms with Crippen LogP contribution in [0.2, 0.25) is 0 Å². The van der Waals surface area contributed by atoms with Crippen molar-refractivity contribution in [1.29, 1.82) is 0 Å². The first-order valence-corrected chi connectivity index (χ1v) is 14.9. The number of benzene rings is 3. The molecule has 210 valence electrons. The zero-order chi connectivity index (χ0) is 29.2. The first kappa shape index (κ1) is 29.4. The summed E-state index contributed by atoms with van der Waals surface area (Å²) in [6, 6.07) is 14.4. The van der Waals surface area contributed by atoms with Gasteiger partial charge in [-0.15, -0.1) is 11.3 Å². The minimum Gasteiger partial charge on any atom is -0.468 e. The van der Waals surface area contributed by atoms with Crippen LogP contribution in [0.15, 0.2) is 54.6 Å². The molecule has 11 heteroatoms. The van der Waals surface area contributed by atoms with E-state index in [1.807, 2.05) is 0 Å². The second-order valence-corrected chi connectivity index (χ2v) is 12.5. The zero-order valence-electron chi connectivity index (χ0n) is 22.5. The van der Waals surface area contributed by atoms with Gasteiger partial charge in [0.1, 0.15) is 16.7 Å². The van der Waals surface area contributed by atoms with Gasteiger partial charge in [0.2, 0.25) is 5.75 Å². The van der Waals surface area contributed by atoms with Gasteiger partial charge in [0.25, 0.3) is 0 Å². The van der Waals surface area contributed by atoms with E-state index in [1.54, 1.807) is 61.5 Å². The fraction of sp³-hybridized carbons (Fsp3) is 0.241. The SMILES string of the molecule is COC(=O)C(C)NP(=O)(Cc1ccc2sc(C(=O)Oc3c(F)c(C)c(C)c(C)c3F)cc2c1)Oc1ccccc1. The van der Waals surface area contributed by atoms with E-state index in [9.17, 15) is 22.9 Å². The van der Waals surface area contributed by atoms with Crippen molar-refractivity contribution in [2.75, 3.05) is 7.11 Å². The summed E-state index contributed by atoms with van der Waals surface area (Å²) in [6.45, 7) is 6.11. The molecule has 0 fully saturated rings. The van der Waals surface area contributed by atoms with Crippen LogP contribution in [-0.2, 0) is 20.3 Å². The number of para-hydroxylation sites is 1. The number of methoxy groups -OCH3 is 1. The second kappa shape index (κ2) is 11.9. The fourth-order valence-electron chi connectivity index (χ4n) is 4.09. The zero-order valence-corrected chi connectivity index (χ0v) is 24.3. The Labute approximate surface area is 234 Å². The summed E-state index contributed by atoms with van der Waals surface area (Å²) in [5.41, 5.74) is 1.48. The lowest BCUT2D eigenvalue weighted by Gasteiger charge is -2.23. The van der Waals surface area contributed by atoms with Crippen molar-refractivity contribution in [2.45, 2.75) is 39.9 Å². The van der Waals surface area contributed by atoms with Crippen LogP contribution >= 0.6 is 18.9 Å². The van der Waals surface area contributed by atoms with Gasteiger partial charge in [-0.25, -0.2) is 18.7 Å². The fourth-order valence-corrected chi connectivity index (χ4v) is 7.06. The maximum atomic E-state index is 14.7. The minimum absolute atomic E-state index is 0.0763. The van der Waals surface area contributed by atoms with Crippen LogP contribution in [0.1, 0.15) is 38.8 Å². The molecule has 0 saturated carbocycles. The molecule has 4 rings (SSSR count). The highest BCUT2D eigenvalue weighted by Crippen LogP contribution is 2.47. The molecule has 0 saturated heterocycles. The molecule has 2 atom stereocenters. The normalized spacial score (nSPS) is 13.5. The average molecular weight is 588 g/mol. The van der Waals surface area contributed by atoms with Gasteiger partial charge in [-0.2, -0.15) is 0 Å². The van der Waals surface area contributed by atoms with Crippen LogP contribution in [0.25, 0.3) is 10.1 Å². The van der Waals surface area contributed by atoms with Gasteiger partial charge in [-0.1, -0.05) is 24.3 Å². The molecule has 0 aliphatic rings. The molecule has 0 spiro atoms. The van der Waals surface area contributed by atoms with E-state index < -0.39 is 42.9 Å². The number of thiophene rings is 1. The Morgan fingerprint density at radius 2 is 1.62 bits per heavy atom. The van der Waals surface area contributed by atoms with E-state index in [4.69, 9.17) is 14.0 Å². The average Bonchev–Trinajstić information content (AvgIpc) is 3.36. The van der Waals surface area contributed by atoms with Gasteiger partial charge in [0.05, 0.1) is 13.3 Å². The number of ether oxygens (including phenoxy) is 2.